The van der Waals surface area contributed by atoms with Crippen LogP contribution in [0.15, 0.2) is 35.2 Å². The zero-order chi connectivity index (χ0) is 13.9. The minimum Gasteiger partial charge on any atom is -0.341 e. The molecule has 0 aromatic heterocycles. The average molecular weight is 282 g/mol. The van der Waals surface area contributed by atoms with Gasteiger partial charge in [-0.15, -0.1) is 0 Å². The maximum atomic E-state index is 12.1. The number of carbonyl (C=O) groups is 1. The molecule has 1 aliphatic heterocycles. The van der Waals surface area contributed by atoms with Gasteiger partial charge in [-0.05, 0) is 31.9 Å². The van der Waals surface area contributed by atoms with Crippen molar-refractivity contribution in [1.29, 1.82) is 0 Å². The van der Waals surface area contributed by atoms with Crippen molar-refractivity contribution in [2.75, 3.05) is 13.1 Å². The summed E-state index contributed by atoms with van der Waals surface area (Å²) in [5.41, 5.74) is 0. The summed E-state index contributed by atoms with van der Waals surface area (Å²) in [6.07, 6.45) is 1.98. The van der Waals surface area contributed by atoms with E-state index in [9.17, 15) is 13.2 Å². The van der Waals surface area contributed by atoms with E-state index >= 15 is 0 Å². The van der Waals surface area contributed by atoms with E-state index in [-0.39, 0.29) is 10.8 Å². The molecule has 6 heteroatoms. The molecule has 1 aliphatic rings. The van der Waals surface area contributed by atoms with Crippen LogP contribution < -0.4 is 4.72 Å². The van der Waals surface area contributed by atoms with Gasteiger partial charge in [-0.25, -0.2) is 8.42 Å². The summed E-state index contributed by atoms with van der Waals surface area (Å²) in [7, 11) is -3.63. The predicted molar refractivity (Wildman–Crippen MR) is 72.0 cm³/mol. The average Bonchev–Trinajstić information content (AvgIpc) is 2.92. The first-order valence-corrected chi connectivity index (χ1v) is 7.85. The quantitative estimate of drug-likeness (QED) is 0.895. The number of likely N-dealkylation sites (tertiary alicyclic amines) is 1. The third-order valence-corrected chi connectivity index (χ3v) is 4.73. The third-order valence-electron chi connectivity index (χ3n) is 3.17. The Bertz CT molecular complexity index is 536. The van der Waals surface area contributed by atoms with Crippen molar-refractivity contribution in [3.05, 3.63) is 30.3 Å². The predicted octanol–water partition coefficient (Wildman–Crippen LogP) is 0.976. The molecule has 104 valence electrons. The Morgan fingerprint density at radius 2 is 1.79 bits per heavy atom. The van der Waals surface area contributed by atoms with Gasteiger partial charge in [-0.1, -0.05) is 18.2 Å². The Labute approximate surface area is 113 Å². The molecule has 1 aromatic carbocycles. The standard InChI is InChI=1S/C13H18N2O3S/c1-11(13(16)15-9-5-6-10-15)14-19(17,18)12-7-3-2-4-8-12/h2-4,7-8,11,14H,5-6,9-10H2,1H3/t11-/m0/s1. The summed E-state index contributed by atoms with van der Waals surface area (Å²) in [5.74, 6) is -0.156. The van der Waals surface area contributed by atoms with Gasteiger partial charge < -0.3 is 4.90 Å². The highest BCUT2D eigenvalue weighted by molar-refractivity contribution is 7.89. The van der Waals surface area contributed by atoms with Crippen LogP contribution in [-0.2, 0) is 14.8 Å². The molecular weight excluding hydrogens is 264 g/mol. The van der Waals surface area contributed by atoms with Crippen molar-refractivity contribution in [1.82, 2.24) is 9.62 Å². The number of hydrogen-bond donors (Lipinski definition) is 1. The van der Waals surface area contributed by atoms with Crippen molar-refractivity contribution in [2.24, 2.45) is 0 Å². The van der Waals surface area contributed by atoms with Gasteiger partial charge in [0.1, 0.15) is 0 Å². The topological polar surface area (TPSA) is 66.5 Å². The van der Waals surface area contributed by atoms with Crippen LogP contribution in [-0.4, -0.2) is 38.4 Å². The molecule has 0 bridgehead atoms. The fourth-order valence-corrected chi connectivity index (χ4v) is 3.38. The van der Waals surface area contributed by atoms with Crippen LogP contribution in [0.25, 0.3) is 0 Å². The molecule has 1 fully saturated rings. The van der Waals surface area contributed by atoms with Gasteiger partial charge in [0.05, 0.1) is 10.9 Å². The summed E-state index contributed by atoms with van der Waals surface area (Å²) >= 11 is 0. The minimum absolute atomic E-state index is 0.156. The first kappa shape index (κ1) is 14.0. The lowest BCUT2D eigenvalue weighted by Crippen LogP contribution is -2.45. The monoisotopic (exact) mass is 282 g/mol. The number of rotatable bonds is 4. The fraction of sp³-hybridized carbons (Fsp3) is 0.462. The summed E-state index contributed by atoms with van der Waals surface area (Å²) in [6, 6.07) is 7.34. The summed E-state index contributed by atoms with van der Waals surface area (Å²) in [5, 5.41) is 0. The van der Waals surface area contributed by atoms with Gasteiger partial charge in [-0.2, -0.15) is 4.72 Å². The van der Waals surface area contributed by atoms with E-state index in [0.29, 0.717) is 0 Å². The summed E-state index contributed by atoms with van der Waals surface area (Å²) in [4.78, 5) is 13.9. The van der Waals surface area contributed by atoms with E-state index in [2.05, 4.69) is 4.72 Å². The molecule has 1 aromatic rings. The van der Waals surface area contributed by atoms with Gasteiger partial charge in [-0.3, -0.25) is 4.79 Å². The molecule has 0 aliphatic carbocycles. The van der Waals surface area contributed by atoms with Crippen molar-refractivity contribution >= 4 is 15.9 Å². The maximum Gasteiger partial charge on any atom is 0.241 e. The van der Waals surface area contributed by atoms with Gasteiger partial charge in [0.15, 0.2) is 0 Å². The smallest absolute Gasteiger partial charge is 0.241 e. The molecule has 1 heterocycles. The Morgan fingerprint density at radius 3 is 2.37 bits per heavy atom. The molecule has 1 amide bonds. The molecule has 1 N–H and O–H groups in total. The number of amides is 1. The maximum absolute atomic E-state index is 12.1. The zero-order valence-corrected chi connectivity index (χ0v) is 11.7. The van der Waals surface area contributed by atoms with E-state index in [1.165, 1.54) is 12.1 Å². The molecule has 1 saturated heterocycles. The van der Waals surface area contributed by atoms with Gasteiger partial charge in [0.2, 0.25) is 15.9 Å². The van der Waals surface area contributed by atoms with Gasteiger partial charge in [0, 0.05) is 13.1 Å². The number of benzene rings is 1. The van der Waals surface area contributed by atoms with Gasteiger partial charge in [0.25, 0.3) is 0 Å². The zero-order valence-electron chi connectivity index (χ0n) is 10.9. The molecule has 5 nitrogen and oxygen atoms in total. The number of nitrogens with zero attached hydrogens (tertiary/aromatic N) is 1. The molecule has 0 radical (unpaired) electrons. The third kappa shape index (κ3) is 3.33. The minimum atomic E-state index is -3.63. The van der Waals surface area contributed by atoms with Crippen molar-refractivity contribution < 1.29 is 13.2 Å². The van der Waals surface area contributed by atoms with Crippen LogP contribution in [0.5, 0.6) is 0 Å². The summed E-state index contributed by atoms with van der Waals surface area (Å²) < 4.78 is 26.6. The number of hydrogen-bond acceptors (Lipinski definition) is 3. The van der Waals surface area contributed by atoms with Crippen molar-refractivity contribution in [3.63, 3.8) is 0 Å². The first-order valence-electron chi connectivity index (χ1n) is 6.37. The van der Waals surface area contributed by atoms with E-state index in [4.69, 9.17) is 0 Å². The highest BCUT2D eigenvalue weighted by Crippen LogP contribution is 2.12. The highest BCUT2D eigenvalue weighted by atomic mass is 32.2. The normalized spacial score (nSPS) is 17.4. The molecule has 0 saturated carbocycles. The van der Waals surface area contributed by atoms with Crippen LogP contribution in [0, 0.1) is 0 Å². The lowest BCUT2D eigenvalue weighted by molar-refractivity contribution is -0.131. The molecule has 0 spiro atoms. The van der Waals surface area contributed by atoms with Gasteiger partial charge >= 0.3 is 0 Å². The highest BCUT2D eigenvalue weighted by Gasteiger charge is 2.27. The SMILES string of the molecule is C[C@H](NS(=O)(=O)c1ccccc1)C(=O)N1CCCC1. The Balaban J connectivity index is 2.06. The lowest BCUT2D eigenvalue weighted by atomic mass is 10.3. The number of sulfonamides is 1. The Hall–Kier alpha value is -1.40. The molecular formula is C13H18N2O3S. The first-order chi connectivity index (χ1) is 9.00. The van der Waals surface area contributed by atoms with Crippen LogP contribution in [0.3, 0.4) is 0 Å². The van der Waals surface area contributed by atoms with E-state index in [1.54, 1.807) is 30.0 Å². The van der Waals surface area contributed by atoms with E-state index in [0.717, 1.165) is 25.9 Å². The Morgan fingerprint density at radius 1 is 1.21 bits per heavy atom. The van der Waals surface area contributed by atoms with E-state index < -0.39 is 16.1 Å². The van der Waals surface area contributed by atoms with Crippen molar-refractivity contribution in [3.8, 4) is 0 Å². The van der Waals surface area contributed by atoms with Crippen LogP contribution in [0.1, 0.15) is 19.8 Å². The van der Waals surface area contributed by atoms with Crippen molar-refractivity contribution in [2.45, 2.75) is 30.7 Å². The largest absolute Gasteiger partial charge is 0.341 e. The van der Waals surface area contributed by atoms with Crippen LogP contribution in [0.4, 0.5) is 0 Å². The second kappa shape index (κ2) is 5.71. The fourth-order valence-electron chi connectivity index (χ4n) is 2.16. The number of carbonyl (C=O) groups excluding carboxylic acids is 1. The Kier molecular flexibility index (Phi) is 4.21. The molecule has 0 unspecified atom stereocenters. The number of nitrogens with one attached hydrogen (secondary N) is 1. The second-order valence-corrected chi connectivity index (χ2v) is 6.40. The summed E-state index contributed by atoms with van der Waals surface area (Å²) in [6.45, 7) is 3.02. The molecule has 2 rings (SSSR count). The molecule has 1 atom stereocenters. The van der Waals surface area contributed by atoms with E-state index in [1.807, 2.05) is 0 Å². The lowest BCUT2D eigenvalue weighted by Gasteiger charge is -2.21. The van der Waals surface area contributed by atoms with Crippen LogP contribution in [0.2, 0.25) is 0 Å². The second-order valence-electron chi connectivity index (χ2n) is 4.69. The van der Waals surface area contributed by atoms with Crippen LogP contribution >= 0.6 is 0 Å². The molecule has 19 heavy (non-hydrogen) atoms.